The highest BCUT2D eigenvalue weighted by Crippen LogP contribution is 2.37. The Hall–Kier alpha value is -2.73. The number of carboxylic acid groups (broad SMARTS) is 1. The number of ether oxygens (including phenoxy) is 2. The Morgan fingerprint density at radius 2 is 1.74 bits per heavy atom. The Bertz CT molecular complexity index is 966. The van der Waals surface area contributed by atoms with Crippen LogP contribution in [-0.4, -0.2) is 36.7 Å². The maximum Gasteiger partial charge on any atom is 0.329 e. The summed E-state index contributed by atoms with van der Waals surface area (Å²) in [5, 5.41) is 13.1. The van der Waals surface area contributed by atoms with E-state index in [1.165, 1.54) is 0 Å². The summed E-state index contributed by atoms with van der Waals surface area (Å²) in [7, 11) is 3.09. The maximum absolute atomic E-state index is 13.1. The van der Waals surface area contributed by atoms with Crippen LogP contribution in [0.25, 0.3) is 11.1 Å². The zero-order valence-corrected chi connectivity index (χ0v) is 18.8. The molecule has 3 rings (SSSR count). The van der Waals surface area contributed by atoms with Crippen LogP contribution in [0.3, 0.4) is 0 Å². The topological polar surface area (TPSA) is 84.9 Å². The first-order valence-corrected chi connectivity index (χ1v) is 10.8. The van der Waals surface area contributed by atoms with Crippen molar-refractivity contribution in [3.8, 4) is 22.6 Å². The summed E-state index contributed by atoms with van der Waals surface area (Å²) < 4.78 is 10.7. The zero-order chi connectivity index (χ0) is 22.6. The van der Waals surface area contributed by atoms with Crippen LogP contribution in [-0.2, 0) is 4.79 Å². The van der Waals surface area contributed by atoms with Gasteiger partial charge in [-0.15, -0.1) is 0 Å². The Morgan fingerprint density at radius 3 is 2.29 bits per heavy atom. The lowest BCUT2D eigenvalue weighted by molar-refractivity contribution is -0.146. The first-order chi connectivity index (χ1) is 14.8. The van der Waals surface area contributed by atoms with Crippen molar-refractivity contribution in [1.29, 1.82) is 0 Å². The number of aliphatic carboxylic acids is 1. The minimum atomic E-state index is -1.23. The number of benzene rings is 2. The lowest BCUT2D eigenvalue weighted by atomic mass is 9.75. The Morgan fingerprint density at radius 1 is 1.10 bits per heavy atom. The largest absolute Gasteiger partial charge is 0.496 e. The lowest BCUT2D eigenvalue weighted by Crippen LogP contribution is -2.56. The number of amides is 1. The molecule has 0 heterocycles. The standard InChI is InChI=1S/C24H28ClNO5/c1-4-15-9-11-24(12-10-15,23(28)29)26-22(27)17-6-7-20(30-2)18(13-17)16-5-8-21(31-3)19(25)14-16/h5-8,13-15H,4,9-12H2,1-3H3,(H,26,27)(H,28,29). The molecule has 0 spiro atoms. The molecular formula is C24H28ClNO5. The molecule has 0 bridgehead atoms. The van der Waals surface area contributed by atoms with Gasteiger partial charge in [0, 0.05) is 11.1 Å². The van der Waals surface area contributed by atoms with Crippen molar-refractivity contribution in [2.24, 2.45) is 5.92 Å². The van der Waals surface area contributed by atoms with E-state index in [2.05, 4.69) is 12.2 Å². The van der Waals surface area contributed by atoms with Gasteiger partial charge in [-0.1, -0.05) is 31.0 Å². The smallest absolute Gasteiger partial charge is 0.329 e. The fourth-order valence-corrected chi connectivity index (χ4v) is 4.43. The zero-order valence-electron chi connectivity index (χ0n) is 18.0. The summed E-state index contributed by atoms with van der Waals surface area (Å²) >= 11 is 6.27. The van der Waals surface area contributed by atoms with E-state index >= 15 is 0 Å². The van der Waals surface area contributed by atoms with Crippen molar-refractivity contribution in [1.82, 2.24) is 5.32 Å². The molecule has 1 saturated carbocycles. The number of methoxy groups -OCH3 is 2. The van der Waals surface area contributed by atoms with E-state index in [0.29, 0.717) is 46.4 Å². The van der Waals surface area contributed by atoms with Gasteiger partial charge in [0.25, 0.3) is 5.91 Å². The summed E-state index contributed by atoms with van der Waals surface area (Å²) in [5.74, 6) is 0.238. The monoisotopic (exact) mass is 445 g/mol. The van der Waals surface area contributed by atoms with E-state index in [9.17, 15) is 14.7 Å². The van der Waals surface area contributed by atoms with Crippen molar-refractivity contribution in [2.75, 3.05) is 14.2 Å². The molecule has 1 aliphatic carbocycles. The predicted molar refractivity (Wildman–Crippen MR) is 120 cm³/mol. The van der Waals surface area contributed by atoms with Crippen molar-refractivity contribution in [2.45, 2.75) is 44.6 Å². The molecule has 1 aliphatic rings. The molecule has 6 nitrogen and oxygen atoms in total. The van der Waals surface area contributed by atoms with Crippen LogP contribution in [0.2, 0.25) is 5.02 Å². The summed E-state index contributed by atoms with van der Waals surface area (Å²) in [5.41, 5.74) is 0.570. The van der Waals surface area contributed by atoms with Gasteiger partial charge >= 0.3 is 5.97 Å². The van der Waals surface area contributed by atoms with Crippen molar-refractivity contribution in [3.63, 3.8) is 0 Å². The van der Waals surface area contributed by atoms with Crippen molar-refractivity contribution in [3.05, 3.63) is 47.0 Å². The van der Waals surface area contributed by atoms with Crippen LogP contribution < -0.4 is 14.8 Å². The molecule has 7 heteroatoms. The molecule has 0 aliphatic heterocycles. The summed E-state index contributed by atoms with van der Waals surface area (Å²) in [6.07, 6.45) is 3.48. The molecule has 0 unspecified atom stereocenters. The average molecular weight is 446 g/mol. The maximum atomic E-state index is 13.1. The average Bonchev–Trinajstić information content (AvgIpc) is 2.78. The van der Waals surface area contributed by atoms with Crippen LogP contribution in [0.1, 0.15) is 49.4 Å². The minimum absolute atomic E-state index is 0.362. The molecule has 0 saturated heterocycles. The summed E-state index contributed by atoms with van der Waals surface area (Å²) in [4.78, 5) is 25.1. The van der Waals surface area contributed by atoms with Crippen molar-refractivity contribution < 1.29 is 24.2 Å². The summed E-state index contributed by atoms with van der Waals surface area (Å²) in [6.45, 7) is 2.11. The number of nitrogens with one attached hydrogen (secondary N) is 1. The first-order valence-electron chi connectivity index (χ1n) is 10.4. The van der Waals surface area contributed by atoms with Crippen LogP contribution in [0.15, 0.2) is 36.4 Å². The lowest BCUT2D eigenvalue weighted by Gasteiger charge is -2.37. The third-order valence-corrected chi connectivity index (χ3v) is 6.52. The second-order valence-corrected chi connectivity index (χ2v) is 8.36. The van der Waals surface area contributed by atoms with Crippen LogP contribution in [0.4, 0.5) is 0 Å². The quantitative estimate of drug-likeness (QED) is 0.613. The van der Waals surface area contributed by atoms with Crippen LogP contribution in [0, 0.1) is 5.92 Å². The number of carbonyl (C=O) groups is 2. The third kappa shape index (κ3) is 4.79. The van der Waals surface area contributed by atoms with E-state index < -0.39 is 17.4 Å². The molecule has 31 heavy (non-hydrogen) atoms. The molecule has 1 fully saturated rings. The minimum Gasteiger partial charge on any atom is -0.496 e. The fourth-order valence-electron chi connectivity index (χ4n) is 4.17. The van der Waals surface area contributed by atoms with E-state index in [0.717, 1.165) is 24.8 Å². The highest BCUT2D eigenvalue weighted by Gasteiger charge is 2.43. The van der Waals surface area contributed by atoms with Crippen molar-refractivity contribution >= 4 is 23.5 Å². The van der Waals surface area contributed by atoms with Crippen LogP contribution in [0.5, 0.6) is 11.5 Å². The fraction of sp³-hybridized carbons (Fsp3) is 0.417. The van der Waals surface area contributed by atoms with E-state index in [-0.39, 0.29) is 0 Å². The highest BCUT2D eigenvalue weighted by molar-refractivity contribution is 6.32. The second kappa shape index (κ2) is 9.60. The SMILES string of the molecule is CCC1CCC(NC(=O)c2ccc(OC)c(-c3ccc(OC)c(Cl)c3)c2)(C(=O)O)CC1. The molecule has 2 N–H and O–H groups in total. The van der Waals surface area contributed by atoms with Gasteiger partial charge in [0.05, 0.1) is 19.2 Å². The van der Waals surface area contributed by atoms with E-state index in [1.807, 2.05) is 6.07 Å². The molecule has 166 valence electrons. The molecule has 2 aromatic rings. The van der Waals surface area contributed by atoms with Gasteiger partial charge in [-0.25, -0.2) is 4.79 Å². The Balaban J connectivity index is 1.90. The molecule has 2 aromatic carbocycles. The normalized spacial score (nSPS) is 20.7. The molecule has 0 aromatic heterocycles. The van der Waals surface area contributed by atoms with Crippen LogP contribution >= 0.6 is 11.6 Å². The second-order valence-electron chi connectivity index (χ2n) is 7.96. The van der Waals surface area contributed by atoms with Gasteiger partial charge in [0.15, 0.2) is 0 Å². The predicted octanol–water partition coefficient (Wildman–Crippen LogP) is 5.18. The molecule has 0 atom stereocenters. The molecular weight excluding hydrogens is 418 g/mol. The Labute approximate surface area is 187 Å². The van der Waals surface area contributed by atoms with Gasteiger partial charge in [0.2, 0.25) is 0 Å². The number of hydrogen-bond acceptors (Lipinski definition) is 4. The number of halogens is 1. The van der Waals surface area contributed by atoms with Gasteiger partial charge in [0.1, 0.15) is 17.0 Å². The molecule has 1 amide bonds. The number of carbonyl (C=O) groups excluding carboxylic acids is 1. The summed E-state index contributed by atoms with van der Waals surface area (Å²) in [6, 6.07) is 10.3. The first kappa shape index (κ1) is 22.9. The number of hydrogen-bond donors (Lipinski definition) is 2. The highest BCUT2D eigenvalue weighted by atomic mass is 35.5. The Kier molecular flexibility index (Phi) is 7.11. The number of carboxylic acids is 1. The third-order valence-electron chi connectivity index (χ3n) is 6.22. The van der Waals surface area contributed by atoms with E-state index in [4.69, 9.17) is 21.1 Å². The van der Waals surface area contributed by atoms with E-state index in [1.54, 1.807) is 44.6 Å². The van der Waals surface area contributed by atoms with Gasteiger partial charge < -0.3 is 19.9 Å². The van der Waals surface area contributed by atoms with Gasteiger partial charge in [-0.05, 0) is 67.5 Å². The van der Waals surface area contributed by atoms with Gasteiger partial charge in [-0.2, -0.15) is 0 Å². The number of rotatable bonds is 7. The van der Waals surface area contributed by atoms with Gasteiger partial charge in [-0.3, -0.25) is 4.79 Å². The molecule has 0 radical (unpaired) electrons.